The molecule has 0 amide bonds. The van der Waals surface area contributed by atoms with Crippen LogP contribution in [0.25, 0.3) is 27.2 Å². The van der Waals surface area contributed by atoms with Gasteiger partial charge in [-0.05, 0) is 78.9 Å². The molecule has 13 N–H and O–H groups in total. The van der Waals surface area contributed by atoms with Gasteiger partial charge in [-0.2, -0.15) is 73.8 Å². The van der Waals surface area contributed by atoms with Crippen molar-refractivity contribution in [1.29, 1.82) is 0 Å². The summed E-state index contributed by atoms with van der Waals surface area (Å²) in [5, 5.41) is 83.0. The van der Waals surface area contributed by atoms with E-state index in [0.29, 0.717) is 41.1 Å². The van der Waals surface area contributed by atoms with E-state index < -0.39 is 217 Å². The molecule has 1 heterocycles. The number of aromatic carboxylic acids is 1. The molecule has 7 aromatic carbocycles. The summed E-state index contributed by atoms with van der Waals surface area (Å²) in [6, 6.07) is 9.15. The Hall–Kier alpha value is -9.89. The number of nitro benzene ring substituents is 1. The molecule has 8 aromatic rings. The summed E-state index contributed by atoms with van der Waals surface area (Å²) in [6.45, 7) is 0. The Morgan fingerprint density at radius 3 is 1.52 bits per heavy atom. The Bertz CT molecular complexity index is 5450. The molecule has 0 radical (unpaired) electrons. The largest absolute Gasteiger partial charge is 0.505 e. The van der Waals surface area contributed by atoms with Gasteiger partial charge in [-0.1, -0.05) is 0 Å². The normalized spacial score (nSPS) is 13.2. The zero-order chi connectivity index (χ0) is 66.2. The van der Waals surface area contributed by atoms with E-state index in [1.54, 1.807) is 0 Å². The predicted molar refractivity (Wildman–Crippen MR) is 293 cm³/mol. The highest BCUT2D eigenvalue weighted by molar-refractivity contribution is 7.87. The van der Waals surface area contributed by atoms with Gasteiger partial charge in [0.05, 0.1) is 32.3 Å². The number of nitrogen functional groups attached to an aromatic ring is 1. The average Bonchev–Trinajstić information content (AvgIpc) is 1.34. The molecule has 0 fully saturated rings. The van der Waals surface area contributed by atoms with Gasteiger partial charge < -0.3 is 26.2 Å². The molecule has 0 saturated heterocycles. The second-order valence-electron chi connectivity index (χ2n) is 17.3. The molecule has 47 heteroatoms. The molecular weight excluding hydrogens is 1340 g/mol. The first-order valence-corrected chi connectivity index (χ1v) is 32.5. The number of carboxylic acids is 1. The van der Waals surface area contributed by atoms with Crippen molar-refractivity contribution in [2.24, 2.45) is 40.9 Å². The fourth-order valence-electron chi connectivity index (χ4n) is 7.89. The number of benzene rings is 7. The van der Waals surface area contributed by atoms with Gasteiger partial charge in [-0.25, -0.2) is 4.79 Å². The van der Waals surface area contributed by atoms with Crippen LogP contribution in [0.3, 0.4) is 0 Å². The van der Waals surface area contributed by atoms with Gasteiger partial charge >= 0.3 is 5.97 Å². The number of hydrogen-bond acceptors (Lipinski definition) is 30. The van der Waals surface area contributed by atoms with E-state index in [4.69, 9.17) is 5.73 Å². The van der Waals surface area contributed by atoms with Crippen LogP contribution in [0.5, 0.6) is 17.4 Å². The van der Waals surface area contributed by atoms with E-state index in [-0.39, 0.29) is 23.9 Å². The smallest absolute Gasteiger partial charge is 0.358 e. The maximum absolute atomic E-state index is 13.1. The maximum Gasteiger partial charge on any atom is 0.358 e. The van der Waals surface area contributed by atoms with Crippen molar-refractivity contribution in [3.05, 3.63) is 107 Å². The van der Waals surface area contributed by atoms with Crippen LogP contribution in [-0.2, 0) is 70.8 Å². The summed E-state index contributed by atoms with van der Waals surface area (Å²) in [5.41, 5.74) is -5.38. The Morgan fingerprint density at radius 1 is 0.472 bits per heavy atom. The minimum absolute atomic E-state index is 0.228. The number of anilines is 1. The van der Waals surface area contributed by atoms with Crippen molar-refractivity contribution in [2.45, 2.75) is 34.3 Å². The number of rotatable bonds is 18. The highest BCUT2D eigenvalue weighted by Crippen LogP contribution is 2.50. The molecule has 0 aliphatic rings. The number of nitrogens with zero attached hydrogens (tertiary/aromatic N) is 11. The van der Waals surface area contributed by atoms with Crippen molar-refractivity contribution in [3.8, 4) is 23.1 Å². The standard InChI is InChI=1S/C42H28N12O28S7/c43-33-26(15-28(85(68,69)70)22-14-31(88(77,78)79)35(39(56)32(22)33)50-45-23-8-4-18(54(60)61)12-29(23)86(71,72)73)48-46-24-9-7-20-21(40(24)89(80,81)82)13-30(87(74,75)76)34(38(20)55)49-44-16-1-10-27(84(65,66)67)25(11-16)47-51-36-37(42(58)59)52-53(41(36)57)17-2-5-19(6-3-17)83(62,63)64/h1-15,55-57H,43H2,(H,58,59)(H,62,63,64)(H,65,66,67)(H,68,69,70)(H,71,72,73)(H,74,75,76)(H,77,78,79)(H,80,81,82). The van der Waals surface area contributed by atoms with E-state index in [0.717, 1.165) is 36.4 Å². The highest BCUT2D eigenvalue weighted by Gasteiger charge is 2.32. The number of nitro groups is 1. The Kier molecular flexibility index (Phi) is 16.6. The van der Waals surface area contributed by atoms with Gasteiger partial charge in [0.2, 0.25) is 11.6 Å². The molecular formula is C42H28N12O28S7. The molecule has 1 aromatic heterocycles. The SMILES string of the molecule is Nc1c(N=Nc2ccc3c(O)c(N=Nc4ccc(S(=O)(=O)O)c(N=Nc5c(C(=O)O)nn(-c6ccc(S(=O)(=O)O)cc6)c5O)c4)c(S(=O)(=O)O)cc3c2S(=O)(=O)O)cc(S(=O)(=O)O)c2cc(S(=O)(=O)O)c(N=Nc3ccc([N+](=O)[O-])cc3S(=O)(=O)O)c(O)c12. The Labute approximate surface area is 494 Å². The molecule has 8 rings (SSSR count). The number of carboxylic acid groups (broad SMARTS) is 1. The van der Waals surface area contributed by atoms with E-state index >= 15 is 0 Å². The third-order valence-electron chi connectivity index (χ3n) is 11.7. The van der Waals surface area contributed by atoms with Crippen LogP contribution in [0.1, 0.15) is 10.5 Å². The van der Waals surface area contributed by atoms with Crippen molar-refractivity contribution in [1.82, 2.24) is 9.78 Å². The molecule has 0 spiro atoms. The molecule has 0 aliphatic carbocycles. The van der Waals surface area contributed by atoms with E-state index in [1.807, 2.05) is 0 Å². The zero-order valence-electron chi connectivity index (χ0n) is 42.4. The topological polar surface area (TPSA) is 664 Å². The van der Waals surface area contributed by atoms with Crippen molar-refractivity contribution in [3.63, 3.8) is 0 Å². The van der Waals surface area contributed by atoms with Gasteiger partial charge in [-0.3, -0.25) is 42.0 Å². The number of non-ortho nitro benzene ring substituents is 1. The van der Waals surface area contributed by atoms with Crippen LogP contribution >= 0.6 is 0 Å². The number of azo groups is 4. The second-order valence-corrected chi connectivity index (χ2v) is 27.0. The van der Waals surface area contributed by atoms with Crippen LogP contribution in [0.15, 0.2) is 166 Å². The van der Waals surface area contributed by atoms with Gasteiger partial charge in [0, 0.05) is 28.3 Å². The fraction of sp³-hybridized carbons (Fsp3) is 0. The van der Waals surface area contributed by atoms with Gasteiger partial charge in [0.25, 0.3) is 76.5 Å². The van der Waals surface area contributed by atoms with Crippen LogP contribution in [0.4, 0.5) is 56.9 Å². The summed E-state index contributed by atoms with van der Waals surface area (Å²) >= 11 is 0. The number of phenols is 2. The number of carbonyl (C=O) groups is 1. The van der Waals surface area contributed by atoms with Crippen LogP contribution in [-0.4, -0.2) is 132 Å². The van der Waals surface area contributed by atoms with E-state index in [9.17, 15) is 126 Å². The first kappa shape index (κ1) is 65.1. The minimum atomic E-state index is -5.81. The molecule has 0 atom stereocenters. The van der Waals surface area contributed by atoms with E-state index in [2.05, 4.69) is 46.0 Å². The summed E-state index contributed by atoms with van der Waals surface area (Å²) in [6.07, 6.45) is 0. The molecule has 0 saturated carbocycles. The average molecular weight is 1370 g/mol. The molecule has 0 aliphatic heterocycles. The Balaban J connectivity index is 1.25. The van der Waals surface area contributed by atoms with Crippen LogP contribution in [0.2, 0.25) is 0 Å². The van der Waals surface area contributed by atoms with Crippen LogP contribution < -0.4 is 5.73 Å². The highest BCUT2D eigenvalue weighted by atomic mass is 32.2. The number of hydrogen-bond donors (Lipinski definition) is 12. The lowest BCUT2D eigenvalue weighted by atomic mass is 10.0. The third kappa shape index (κ3) is 13.2. The lowest BCUT2D eigenvalue weighted by Crippen LogP contribution is -2.04. The second kappa shape index (κ2) is 22.7. The predicted octanol–water partition coefficient (Wildman–Crippen LogP) is 6.87. The molecule has 0 bridgehead atoms. The van der Waals surface area contributed by atoms with Gasteiger partial charge in [-0.15, -0.1) is 35.8 Å². The molecule has 40 nitrogen and oxygen atoms in total. The Morgan fingerprint density at radius 2 is 0.978 bits per heavy atom. The summed E-state index contributed by atoms with van der Waals surface area (Å²) in [4.78, 5) is 13.3. The lowest BCUT2D eigenvalue weighted by Gasteiger charge is -2.15. The molecule has 0 unspecified atom stereocenters. The zero-order valence-corrected chi connectivity index (χ0v) is 48.1. The molecule has 89 heavy (non-hydrogen) atoms. The first-order valence-electron chi connectivity index (χ1n) is 22.4. The fourth-order valence-corrected chi connectivity index (χ4v) is 12.4. The number of aromatic nitrogens is 2. The summed E-state index contributed by atoms with van der Waals surface area (Å²) in [5.74, 6) is -5.98. The van der Waals surface area contributed by atoms with E-state index in [1.165, 1.54) is 0 Å². The monoisotopic (exact) mass is 1370 g/mol. The minimum Gasteiger partial charge on any atom is -0.505 e. The van der Waals surface area contributed by atoms with Crippen LogP contribution in [0, 0.1) is 10.1 Å². The van der Waals surface area contributed by atoms with Crippen molar-refractivity contribution in [2.75, 3.05) is 5.73 Å². The maximum atomic E-state index is 13.1. The van der Waals surface area contributed by atoms with Gasteiger partial charge in [0.15, 0.2) is 17.2 Å². The summed E-state index contributed by atoms with van der Waals surface area (Å²) in [7, 11) is -38.4. The number of aromatic hydroxyl groups is 3. The molecule has 466 valence electrons. The quantitative estimate of drug-likeness (QED) is 0.0137. The number of phenolic OH excluding ortho intramolecular Hbond substituents is 2. The van der Waals surface area contributed by atoms with Crippen molar-refractivity contribution < 1.29 is 121 Å². The summed E-state index contributed by atoms with van der Waals surface area (Å²) < 4.78 is 246. The van der Waals surface area contributed by atoms with Crippen molar-refractivity contribution >= 4 is 155 Å². The lowest BCUT2D eigenvalue weighted by molar-refractivity contribution is -0.385. The first-order chi connectivity index (χ1) is 40.9. The number of nitrogens with two attached hydrogens (primary N) is 1. The third-order valence-corrected chi connectivity index (χ3v) is 17.9. The number of fused-ring (bicyclic) bond motifs is 2. The van der Waals surface area contributed by atoms with Gasteiger partial charge in [0.1, 0.15) is 63.5 Å².